The number of rotatable bonds is 2. The van der Waals surface area contributed by atoms with Gasteiger partial charge in [-0.25, -0.2) is 4.79 Å². The molecule has 4 aromatic rings. The minimum absolute atomic E-state index is 0.112. The van der Waals surface area contributed by atoms with Gasteiger partial charge >= 0.3 is 5.97 Å². The van der Waals surface area contributed by atoms with Crippen molar-refractivity contribution in [2.75, 3.05) is 0 Å². The van der Waals surface area contributed by atoms with Crippen molar-refractivity contribution in [2.45, 2.75) is 6.42 Å². The molecule has 4 aromatic carbocycles. The summed E-state index contributed by atoms with van der Waals surface area (Å²) in [5.74, 6) is -1.07. The second-order valence-corrected chi connectivity index (χ2v) is 8.17. The van der Waals surface area contributed by atoms with Crippen LogP contribution >= 0.6 is 34.8 Å². The van der Waals surface area contributed by atoms with Gasteiger partial charge in [0.15, 0.2) is 0 Å². The molecule has 142 valence electrons. The van der Waals surface area contributed by atoms with Gasteiger partial charge in [0.25, 0.3) is 0 Å². The second-order valence-electron chi connectivity index (χ2n) is 7.01. The highest BCUT2D eigenvalue weighted by Gasteiger charge is 2.28. The van der Waals surface area contributed by atoms with Crippen molar-refractivity contribution in [3.8, 4) is 22.3 Å². The van der Waals surface area contributed by atoms with E-state index in [1.54, 1.807) is 18.2 Å². The van der Waals surface area contributed by atoms with E-state index in [1.807, 2.05) is 24.3 Å². The lowest BCUT2D eigenvalue weighted by molar-refractivity contribution is 0.0700. The number of benzene rings is 4. The van der Waals surface area contributed by atoms with E-state index in [0.29, 0.717) is 27.8 Å². The zero-order valence-corrected chi connectivity index (χ0v) is 17.2. The Morgan fingerprint density at radius 3 is 2.28 bits per heavy atom. The molecule has 1 aliphatic carbocycles. The molecule has 0 saturated carbocycles. The fourth-order valence-corrected chi connectivity index (χ4v) is 5.19. The zero-order valence-electron chi connectivity index (χ0n) is 15.0. The largest absolute Gasteiger partial charge is 0.478 e. The monoisotopic (exact) mass is 438 g/mol. The normalized spacial score (nSPS) is 12.1. The van der Waals surface area contributed by atoms with Gasteiger partial charge in [0, 0.05) is 16.0 Å². The maximum absolute atomic E-state index is 12.4. The summed E-state index contributed by atoms with van der Waals surface area (Å²) in [7, 11) is 0. The fourth-order valence-electron chi connectivity index (χ4n) is 4.29. The van der Waals surface area contributed by atoms with Crippen LogP contribution in [0.5, 0.6) is 0 Å². The van der Waals surface area contributed by atoms with Crippen LogP contribution in [0.3, 0.4) is 0 Å². The molecule has 0 amide bonds. The van der Waals surface area contributed by atoms with E-state index in [1.165, 1.54) is 5.56 Å². The Balaban J connectivity index is 1.90. The molecule has 0 radical (unpaired) electrons. The van der Waals surface area contributed by atoms with Crippen LogP contribution in [0.25, 0.3) is 33.0 Å². The number of carboxylic acids is 1. The van der Waals surface area contributed by atoms with E-state index >= 15 is 0 Å². The lowest BCUT2D eigenvalue weighted by atomic mass is 9.89. The summed E-state index contributed by atoms with van der Waals surface area (Å²) in [6, 6.07) is 19.2. The molecule has 1 N–H and O–H groups in total. The van der Waals surface area contributed by atoms with Crippen molar-refractivity contribution >= 4 is 51.5 Å². The van der Waals surface area contributed by atoms with Crippen LogP contribution in [0, 0.1) is 0 Å². The Labute approximate surface area is 182 Å². The summed E-state index contributed by atoms with van der Waals surface area (Å²) in [5, 5.41) is 11.9. The van der Waals surface area contributed by atoms with Gasteiger partial charge in [0.2, 0.25) is 0 Å². The van der Waals surface area contributed by atoms with Crippen LogP contribution in [0.4, 0.5) is 0 Å². The van der Waals surface area contributed by atoms with Crippen molar-refractivity contribution in [1.29, 1.82) is 0 Å². The van der Waals surface area contributed by atoms with Gasteiger partial charge in [0.1, 0.15) is 0 Å². The maximum Gasteiger partial charge on any atom is 0.337 e. The fraction of sp³-hybridized carbons (Fsp3) is 0.0417. The summed E-state index contributed by atoms with van der Waals surface area (Å²) in [5.41, 5.74) is 5.84. The van der Waals surface area contributed by atoms with Gasteiger partial charge in [-0.05, 0) is 45.7 Å². The number of carbonyl (C=O) groups is 1. The first-order valence-corrected chi connectivity index (χ1v) is 10.2. The minimum atomic E-state index is -1.07. The molecule has 0 heterocycles. The third-order valence-electron chi connectivity index (χ3n) is 5.50. The highest BCUT2D eigenvalue weighted by molar-refractivity contribution is 6.50. The first kappa shape index (κ1) is 18.5. The van der Waals surface area contributed by atoms with Crippen LogP contribution in [0.15, 0.2) is 60.7 Å². The van der Waals surface area contributed by atoms with Gasteiger partial charge < -0.3 is 5.11 Å². The molecule has 5 rings (SSSR count). The molecule has 0 fully saturated rings. The van der Waals surface area contributed by atoms with Crippen LogP contribution < -0.4 is 0 Å². The second kappa shape index (κ2) is 6.77. The van der Waals surface area contributed by atoms with Gasteiger partial charge in [-0.1, -0.05) is 89.4 Å². The van der Waals surface area contributed by atoms with Crippen molar-refractivity contribution in [3.63, 3.8) is 0 Å². The average Bonchev–Trinajstić information content (AvgIpc) is 3.09. The van der Waals surface area contributed by atoms with Crippen LogP contribution in [-0.4, -0.2) is 11.1 Å². The molecule has 0 unspecified atom stereocenters. The summed E-state index contributed by atoms with van der Waals surface area (Å²) in [6.07, 6.45) is 0.711. The first-order chi connectivity index (χ1) is 14.0. The molecular weight excluding hydrogens is 427 g/mol. The molecule has 0 atom stereocenters. The van der Waals surface area contributed by atoms with E-state index < -0.39 is 5.97 Å². The highest BCUT2D eigenvalue weighted by atomic mass is 35.5. The van der Waals surface area contributed by atoms with Crippen molar-refractivity contribution in [1.82, 2.24) is 0 Å². The Morgan fingerprint density at radius 2 is 1.48 bits per heavy atom. The Bertz CT molecular complexity index is 1340. The highest BCUT2D eigenvalue weighted by Crippen LogP contribution is 2.49. The Hall–Kier alpha value is -2.52. The molecule has 1 aliphatic rings. The SMILES string of the molecule is O=C(O)c1c(-c2cccc3c2Cc2ccccc2-3)c(Cl)c(Cl)c2c(Cl)cccc12. The number of hydrogen-bond acceptors (Lipinski definition) is 1. The Morgan fingerprint density at radius 1 is 0.793 bits per heavy atom. The van der Waals surface area contributed by atoms with E-state index in [-0.39, 0.29) is 15.6 Å². The molecular formula is C24H13Cl3O2. The van der Waals surface area contributed by atoms with E-state index in [0.717, 1.165) is 22.3 Å². The number of carboxylic acid groups (broad SMARTS) is 1. The molecule has 0 aromatic heterocycles. The molecule has 5 heteroatoms. The average molecular weight is 440 g/mol. The summed E-state index contributed by atoms with van der Waals surface area (Å²) >= 11 is 19.6. The molecule has 2 nitrogen and oxygen atoms in total. The lowest BCUT2D eigenvalue weighted by Gasteiger charge is -2.18. The summed E-state index contributed by atoms with van der Waals surface area (Å²) < 4.78 is 0. The summed E-state index contributed by atoms with van der Waals surface area (Å²) in [6.45, 7) is 0. The molecule has 0 saturated heterocycles. The van der Waals surface area contributed by atoms with Crippen LogP contribution in [-0.2, 0) is 6.42 Å². The quantitative estimate of drug-likeness (QED) is 0.305. The van der Waals surface area contributed by atoms with Gasteiger partial charge in [-0.15, -0.1) is 0 Å². The predicted octanol–water partition coefficient (Wildman–Crippen LogP) is 7.74. The molecule has 29 heavy (non-hydrogen) atoms. The third kappa shape index (κ3) is 2.67. The molecule has 0 spiro atoms. The lowest BCUT2D eigenvalue weighted by Crippen LogP contribution is -2.04. The zero-order chi connectivity index (χ0) is 20.3. The summed E-state index contributed by atoms with van der Waals surface area (Å²) in [4.78, 5) is 12.4. The topological polar surface area (TPSA) is 37.3 Å². The minimum Gasteiger partial charge on any atom is -0.478 e. The van der Waals surface area contributed by atoms with Crippen LogP contribution in [0.1, 0.15) is 21.5 Å². The van der Waals surface area contributed by atoms with Crippen molar-refractivity contribution in [3.05, 3.63) is 92.4 Å². The maximum atomic E-state index is 12.4. The van der Waals surface area contributed by atoms with E-state index in [2.05, 4.69) is 18.2 Å². The Kier molecular flexibility index (Phi) is 4.32. The smallest absolute Gasteiger partial charge is 0.337 e. The number of halogens is 3. The van der Waals surface area contributed by atoms with E-state index in [4.69, 9.17) is 34.8 Å². The van der Waals surface area contributed by atoms with E-state index in [9.17, 15) is 9.90 Å². The van der Waals surface area contributed by atoms with Crippen LogP contribution in [0.2, 0.25) is 15.1 Å². The standard InChI is InChI=1S/C24H13Cl3O2/c25-18-10-4-9-16-19(18)22(26)23(27)20(21(16)24(28)29)15-8-3-7-14-13-6-2-1-5-12(13)11-17(14)15/h1-10H,11H2,(H,28,29). The molecule has 0 bridgehead atoms. The predicted molar refractivity (Wildman–Crippen MR) is 120 cm³/mol. The molecule has 0 aliphatic heterocycles. The van der Waals surface area contributed by atoms with Crippen molar-refractivity contribution < 1.29 is 9.90 Å². The van der Waals surface area contributed by atoms with Gasteiger partial charge in [-0.2, -0.15) is 0 Å². The van der Waals surface area contributed by atoms with Gasteiger partial charge in [-0.3, -0.25) is 0 Å². The van der Waals surface area contributed by atoms with Crippen molar-refractivity contribution in [2.24, 2.45) is 0 Å². The van der Waals surface area contributed by atoms with Gasteiger partial charge in [0.05, 0.1) is 15.6 Å². The number of hydrogen-bond donors (Lipinski definition) is 1. The number of aromatic carboxylic acids is 1. The number of fused-ring (bicyclic) bond motifs is 4. The third-order valence-corrected chi connectivity index (χ3v) is 6.67. The first-order valence-electron chi connectivity index (χ1n) is 9.02.